The molecule has 0 aromatic rings. The molecule has 0 aliphatic rings. The molecule has 8 heteroatoms. The average molecular weight is 281 g/mol. The molecule has 0 bridgehead atoms. The van der Waals surface area contributed by atoms with Crippen LogP contribution in [-0.4, -0.2) is 44.4 Å². The first-order chi connectivity index (χ1) is 8.24. The van der Waals surface area contributed by atoms with Crippen LogP contribution in [0.15, 0.2) is 0 Å². The Bertz CT molecular complexity index is 391. The number of esters is 1. The molecular weight excluding hydrogens is 262 g/mol. The second-order valence-corrected chi connectivity index (χ2v) is 6.02. The van der Waals surface area contributed by atoms with E-state index >= 15 is 0 Å². The minimum atomic E-state index is -3.83. The highest BCUT2D eigenvalue weighted by Gasteiger charge is 2.29. The van der Waals surface area contributed by atoms with E-state index in [1.807, 2.05) is 0 Å². The topological polar surface area (TPSA) is 110 Å². The second kappa shape index (κ2) is 7.32. The van der Waals surface area contributed by atoms with Crippen molar-refractivity contribution in [1.82, 2.24) is 4.72 Å². The van der Waals surface area contributed by atoms with Gasteiger partial charge in [0.05, 0.1) is 7.11 Å². The molecule has 0 amide bonds. The Morgan fingerprint density at radius 2 is 1.94 bits per heavy atom. The van der Waals surface area contributed by atoms with Crippen LogP contribution in [0.4, 0.5) is 0 Å². The number of carboxylic acids is 1. The molecule has 0 rings (SSSR count). The molecule has 0 aromatic carbocycles. The summed E-state index contributed by atoms with van der Waals surface area (Å²) >= 11 is 0. The van der Waals surface area contributed by atoms with Crippen LogP contribution < -0.4 is 4.72 Å². The van der Waals surface area contributed by atoms with Gasteiger partial charge in [-0.3, -0.25) is 9.59 Å². The van der Waals surface area contributed by atoms with E-state index in [-0.39, 0.29) is 18.9 Å². The van der Waals surface area contributed by atoms with E-state index in [9.17, 15) is 18.0 Å². The van der Waals surface area contributed by atoms with E-state index in [1.165, 1.54) is 6.92 Å². The van der Waals surface area contributed by atoms with Crippen molar-refractivity contribution in [3.63, 3.8) is 0 Å². The number of methoxy groups -OCH3 is 1. The molecule has 0 spiro atoms. The van der Waals surface area contributed by atoms with Crippen LogP contribution in [0, 0.1) is 5.92 Å². The van der Waals surface area contributed by atoms with Crippen molar-refractivity contribution in [3.05, 3.63) is 0 Å². The molecule has 0 aromatic heterocycles. The third-order valence-electron chi connectivity index (χ3n) is 2.61. The van der Waals surface area contributed by atoms with Crippen LogP contribution in [0.1, 0.15) is 26.7 Å². The van der Waals surface area contributed by atoms with Gasteiger partial charge in [0.2, 0.25) is 10.0 Å². The summed E-state index contributed by atoms with van der Waals surface area (Å²) in [5.74, 6) is -2.14. The summed E-state index contributed by atoms with van der Waals surface area (Å²) in [7, 11) is -2.73. The van der Waals surface area contributed by atoms with Crippen molar-refractivity contribution in [2.45, 2.75) is 31.9 Å². The Morgan fingerprint density at radius 3 is 2.33 bits per heavy atom. The molecular formula is C10H19NO6S. The summed E-state index contributed by atoms with van der Waals surface area (Å²) in [5.41, 5.74) is 0. The van der Waals surface area contributed by atoms with E-state index < -0.39 is 27.2 Å². The quantitative estimate of drug-likeness (QED) is 0.604. The molecule has 2 atom stereocenters. The third kappa shape index (κ3) is 5.46. The van der Waals surface area contributed by atoms with Crippen LogP contribution in [0.2, 0.25) is 0 Å². The number of carbonyl (C=O) groups excluding carboxylic acids is 1. The molecule has 0 aliphatic carbocycles. The lowest BCUT2D eigenvalue weighted by Gasteiger charge is -2.16. The minimum Gasteiger partial charge on any atom is -0.481 e. The monoisotopic (exact) mass is 281 g/mol. The van der Waals surface area contributed by atoms with Crippen LogP contribution in [0.25, 0.3) is 0 Å². The van der Waals surface area contributed by atoms with Crippen molar-refractivity contribution < 1.29 is 27.9 Å². The summed E-state index contributed by atoms with van der Waals surface area (Å²) in [5, 5.41) is 7.31. The van der Waals surface area contributed by atoms with Gasteiger partial charge in [-0.2, -0.15) is 0 Å². The average Bonchev–Trinajstić information content (AvgIpc) is 2.31. The van der Waals surface area contributed by atoms with Crippen LogP contribution in [0.5, 0.6) is 0 Å². The molecule has 106 valence electrons. The first-order valence-corrected chi connectivity index (χ1v) is 7.07. The molecule has 2 unspecified atom stereocenters. The third-order valence-corrected chi connectivity index (χ3v) is 4.30. The van der Waals surface area contributed by atoms with Gasteiger partial charge < -0.3 is 9.84 Å². The maximum Gasteiger partial charge on any atom is 0.325 e. The Hall–Kier alpha value is -1.15. The summed E-state index contributed by atoms with van der Waals surface area (Å²) in [6.45, 7) is 2.98. The molecule has 2 N–H and O–H groups in total. The normalized spacial score (nSPS) is 14.8. The van der Waals surface area contributed by atoms with E-state index in [1.54, 1.807) is 6.92 Å². The fraction of sp³-hybridized carbons (Fsp3) is 0.800. The van der Waals surface area contributed by atoms with Crippen molar-refractivity contribution in [1.29, 1.82) is 0 Å². The van der Waals surface area contributed by atoms with Crippen LogP contribution >= 0.6 is 0 Å². The highest BCUT2D eigenvalue weighted by molar-refractivity contribution is 7.90. The van der Waals surface area contributed by atoms with E-state index in [2.05, 4.69) is 9.46 Å². The maximum absolute atomic E-state index is 11.7. The van der Waals surface area contributed by atoms with Gasteiger partial charge in [0.15, 0.2) is 5.25 Å². The first-order valence-electron chi connectivity index (χ1n) is 5.52. The standard InChI is InChI=1S/C10H19NO6S/c1-4-8(5-9(12)13)6-11-18(15,16)7(2)10(14)17-3/h7-8,11H,4-6H2,1-3H3,(H,12,13). The zero-order valence-corrected chi connectivity index (χ0v) is 11.5. The molecule has 18 heavy (non-hydrogen) atoms. The highest BCUT2D eigenvalue weighted by Crippen LogP contribution is 2.08. The predicted octanol–water partition coefficient (Wildman–Crippen LogP) is -0.0318. The number of hydrogen-bond donors (Lipinski definition) is 2. The number of carbonyl (C=O) groups is 2. The van der Waals surface area contributed by atoms with Gasteiger partial charge in [-0.1, -0.05) is 13.3 Å². The summed E-state index contributed by atoms with van der Waals surface area (Å²) in [4.78, 5) is 21.6. The number of hydrogen-bond acceptors (Lipinski definition) is 5. The van der Waals surface area contributed by atoms with Gasteiger partial charge in [-0.15, -0.1) is 0 Å². The predicted molar refractivity (Wildman–Crippen MR) is 64.4 cm³/mol. The van der Waals surface area contributed by atoms with Crippen molar-refractivity contribution >= 4 is 22.0 Å². The summed E-state index contributed by atoms with van der Waals surface area (Å²) in [6.07, 6.45) is 0.410. The molecule has 0 radical (unpaired) electrons. The van der Waals surface area contributed by atoms with E-state index in [4.69, 9.17) is 5.11 Å². The lowest BCUT2D eigenvalue weighted by Crippen LogP contribution is -2.40. The van der Waals surface area contributed by atoms with Crippen molar-refractivity contribution in [2.24, 2.45) is 5.92 Å². The molecule has 0 aliphatic heterocycles. The Labute approximate surface area is 107 Å². The number of nitrogens with one attached hydrogen (secondary N) is 1. The Morgan fingerprint density at radius 1 is 1.39 bits per heavy atom. The smallest absolute Gasteiger partial charge is 0.325 e. The van der Waals surface area contributed by atoms with E-state index in [0.29, 0.717) is 6.42 Å². The SMILES string of the molecule is CCC(CNS(=O)(=O)C(C)C(=O)OC)CC(=O)O. The zero-order valence-electron chi connectivity index (χ0n) is 10.7. The highest BCUT2D eigenvalue weighted by atomic mass is 32.2. The van der Waals surface area contributed by atoms with Crippen LogP contribution in [0.3, 0.4) is 0 Å². The molecule has 7 nitrogen and oxygen atoms in total. The fourth-order valence-corrected chi connectivity index (χ4v) is 2.33. The summed E-state index contributed by atoms with van der Waals surface area (Å²) in [6, 6.07) is 0. The van der Waals surface area contributed by atoms with Crippen molar-refractivity contribution in [3.8, 4) is 0 Å². The van der Waals surface area contributed by atoms with Gasteiger partial charge in [0.25, 0.3) is 0 Å². The van der Waals surface area contributed by atoms with Crippen molar-refractivity contribution in [2.75, 3.05) is 13.7 Å². The van der Waals surface area contributed by atoms with Gasteiger partial charge in [-0.25, -0.2) is 13.1 Å². The summed E-state index contributed by atoms with van der Waals surface area (Å²) < 4.78 is 29.9. The fourth-order valence-electron chi connectivity index (χ4n) is 1.26. The number of sulfonamides is 1. The first kappa shape index (κ1) is 16.9. The van der Waals surface area contributed by atoms with Gasteiger partial charge >= 0.3 is 11.9 Å². The van der Waals surface area contributed by atoms with Crippen LogP contribution in [-0.2, 0) is 24.3 Å². The molecule has 0 saturated carbocycles. The lowest BCUT2D eigenvalue weighted by molar-refractivity contribution is -0.140. The lowest BCUT2D eigenvalue weighted by atomic mass is 10.0. The zero-order chi connectivity index (χ0) is 14.3. The largest absolute Gasteiger partial charge is 0.481 e. The van der Waals surface area contributed by atoms with Gasteiger partial charge in [-0.05, 0) is 12.8 Å². The Balaban J connectivity index is 4.50. The van der Waals surface area contributed by atoms with Gasteiger partial charge in [0, 0.05) is 13.0 Å². The Kier molecular flexibility index (Phi) is 6.85. The number of ether oxygens (including phenoxy) is 1. The molecule has 0 heterocycles. The molecule has 0 saturated heterocycles. The number of aliphatic carboxylic acids is 1. The number of carboxylic acid groups (broad SMARTS) is 1. The van der Waals surface area contributed by atoms with E-state index in [0.717, 1.165) is 7.11 Å². The minimum absolute atomic E-state index is 0.00747. The van der Waals surface area contributed by atoms with Gasteiger partial charge in [0.1, 0.15) is 0 Å². The number of rotatable bonds is 8. The second-order valence-electron chi connectivity index (χ2n) is 3.93. The maximum atomic E-state index is 11.7. The molecule has 0 fully saturated rings.